The quantitative estimate of drug-likeness (QED) is 0.571. The van der Waals surface area contributed by atoms with Gasteiger partial charge in [-0.1, -0.05) is 6.92 Å². The van der Waals surface area contributed by atoms with E-state index in [1.54, 1.807) is 0 Å². The molecule has 1 aliphatic heterocycles. The van der Waals surface area contributed by atoms with Crippen LogP contribution >= 0.6 is 0 Å². The lowest BCUT2D eigenvalue weighted by molar-refractivity contribution is 0.359. The Morgan fingerprint density at radius 1 is 1.42 bits per heavy atom. The first-order chi connectivity index (χ1) is 5.43. The number of rotatable bonds is 1. The van der Waals surface area contributed by atoms with Crippen LogP contribution in [0.15, 0.2) is 0 Å². The van der Waals surface area contributed by atoms with Crippen LogP contribution in [-0.2, 0) is 10.3 Å². The van der Waals surface area contributed by atoms with Gasteiger partial charge in [-0.05, 0) is 32.5 Å². The van der Waals surface area contributed by atoms with Crippen LogP contribution in [0.4, 0.5) is 0 Å². The summed E-state index contributed by atoms with van der Waals surface area (Å²) >= 11 is 0. The summed E-state index contributed by atoms with van der Waals surface area (Å²) < 4.78 is 25.2. The molecule has 5 nitrogen and oxygen atoms in total. The number of hydrogen-bond acceptors (Lipinski definition) is 3. The highest BCUT2D eigenvalue weighted by molar-refractivity contribution is 7.83. The van der Waals surface area contributed by atoms with Gasteiger partial charge in [0.25, 0.3) is 0 Å². The minimum atomic E-state index is -4.17. The average molecular weight is 196 g/mol. The molecule has 1 rings (SSSR count). The first-order valence-electron chi connectivity index (χ1n) is 3.91. The summed E-state index contributed by atoms with van der Waals surface area (Å²) in [6, 6.07) is 0. The summed E-state index contributed by atoms with van der Waals surface area (Å²) in [4.78, 5) is 2.49. The Hall–Kier alpha value is -0.170. The first kappa shape index (κ1) is 11.8. The zero-order valence-electron chi connectivity index (χ0n) is 7.23. The second-order valence-electron chi connectivity index (χ2n) is 2.66. The second-order valence-corrected chi connectivity index (χ2v) is 3.69. The fraction of sp³-hybridized carbons (Fsp3) is 1.00. The molecule has 1 saturated heterocycles. The van der Waals surface area contributed by atoms with Crippen molar-refractivity contribution in [2.24, 2.45) is 5.14 Å². The molecule has 12 heavy (non-hydrogen) atoms. The third-order valence-electron chi connectivity index (χ3n) is 1.65. The number of nitrogens with zero attached hydrogens (tertiary/aromatic N) is 1. The predicted molar refractivity (Wildman–Crippen MR) is 47.1 cm³/mol. The van der Waals surface area contributed by atoms with Gasteiger partial charge in [0.2, 0.25) is 0 Å². The van der Waals surface area contributed by atoms with Crippen molar-refractivity contribution in [2.75, 3.05) is 19.6 Å². The molecule has 0 atom stereocenters. The fourth-order valence-corrected chi connectivity index (χ4v) is 1.10. The lowest BCUT2D eigenvalue weighted by Gasteiger charge is -2.08. The molecule has 0 saturated carbocycles. The van der Waals surface area contributed by atoms with E-state index in [1.165, 1.54) is 32.5 Å². The first-order valence-corrected chi connectivity index (χ1v) is 5.41. The van der Waals surface area contributed by atoms with Crippen molar-refractivity contribution in [1.29, 1.82) is 0 Å². The smallest absolute Gasteiger partial charge is 0.304 e. The maximum absolute atomic E-state index is 8.97. The standard InChI is InChI=1S/C6H13N.H3NO3S/c1-2-7-5-3-4-6-7;1-5(2,3)4/h2-6H2,1H3;(H3,1,2,3,4). The second kappa shape index (κ2) is 5.47. The van der Waals surface area contributed by atoms with E-state index in [0.29, 0.717) is 0 Å². The minimum absolute atomic E-state index is 1.25. The summed E-state index contributed by atoms with van der Waals surface area (Å²) in [6.45, 7) is 6.16. The molecule has 0 aliphatic carbocycles. The Morgan fingerprint density at radius 3 is 1.92 bits per heavy atom. The van der Waals surface area contributed by atoms with Crippen LogP contribution in [0.2, 0.25) is 0 Å². The van der Waals surface area contributed by atoms with E-state index in [-0.39, 0.29) is 0 Å². The van der Waals surface area contributed by atoms with Crippen molar-refractivity contribution in [3.8, 4) is 0 Å². The Morgan fingerprint density at radius 2 is 1.75 bits per heavy atom. The maximum atomic E-state index is 8.97. The van der Waals surface area contributed by atoms with Crippen LogP contribution in [0.25, 0.3) is 0 Å². The van der Waals surface area contributed by atoms with Crippen molar-refractivity contribution >= 4 is 10.3 Å². The van der Waals surface area contributed by atoms with Crippen LogP contribution < -0.4 is 5.14 Å². The summed E-state index contributed by atoms with van der Waals surface area (Å²) in [6.07, 6.45) is 2.85. The molecule has 74 valence electrons. The Bertz CT molecular complexity index is 189. The molecule has 1 heterocycles. The molecule has 3 N–H and O–H groups in total. The Balaban J connectivity index is 0.000000217. The molecule has 0 aromatic carbocycles. The van der Waals surface area contributed by atoms with Crippen molar-refractivity contribution in [3.05, 3.63) is 0 Å². The molecule has 6 heteroatoms. The van der Waals surface area contributed by atoms with E-state index < -0.39 is 10.3 Å². The summed E-state index contributed by atoms with van der Waals surface area (Å²) in [5, 5.41) is 3.88. The molecule has 0 amide bonds. The van der Waals surface area contributed by atoms with Crippen molar-refractivity contribution in [3.63, 3.8) is 0 Å². The van der Waals surface area contributed by atoms with Crippen LogP contribution in [0.3, 0.4) is 0 Å². The van der Waals surface area contributed by atoms with Gasteiger partial charge in [-0.15, -0.1) is 0 Å². The van der Waals surface area contributed by atoms with Crippen LogP contribution in [0.5, 0.6) is 0 Å². The number of likely N-dealkylation sites (tertiary alicyclic amines) is 1. The van der Waals surface area contributed by atoms with E-state index in [2.05, 4.69) is 17.0 Å². The van der Waals surface area contributed by atoms with Crippen molar-refractivity contribution < 1.29 is 13.0 Å². The lowest BCUT2D eigenvalue weighted by atomic mass is 10.4. The highest BCUT2D eigenvalue weighted by atomic mass is 32.2. The number of nitrogens with two attached hydrogens (primary N) is 1. The van der Waals surface area contributed by atoms with Crippen molar-refractivity contribution in [1.82, 2.24) is 4.90 Å². The van der Waals surface area contributed by atoms with Gasteiger partial charge in [-0.25, -0.2) is 5.14 Å². The van der Waals surface area contributed by atoms with E-state index in [0.717, 1.165) is 0 Å². The molecule has 1 aliphatic rings. The molecular weight excluding hydrogens is 180 g/mol. The van der Waals surface area contributed by atoms with Gasteiger partial charge in [-0.2, -0.15) is 8.42 Å². The topological polar surface area (TPSA) is 83.6 Å². The lowest BCUT2D eigenvalue weighted by Crippen LogP contribution is -2.17. The molecule has 0 unspecified atom stereocenters. The van der Waals surface area contributed by atoms with E-state index >= 15 is 0 Å². The number of hydrogen-bond donors (Lipinski definition) is 2. The molecule has 0 aromatic rings. The van der Waals surface area contributed by atoms with Gasteiger partial charge in [0, 0.05) is 0 Å². The summed E-state index contributed by atoms with van der Waals surface area (Å²) in [7, 11) is -4.17. The van der Waals surface area contributed by atoms with Crippen LogP contribution in [0.1, 0.15) is 19.8 Å². The SMILES string of the molecule is CCN1CCCC1.NS(=O)(=O)O. The third-order valence-corrected chi connectivity index (χ3v) is 1.65. The molecule has 0 radical (unpaired) electrons. The zero-order valence-corrected chi connectivity index (χ0v) is 8.05. The van der Waals surface area contributed by atoms with E-state index in [9.17, 15) is 0 Å². The summed E-state index contributed by atoms with van der Waals surface area (Å²) in [5.41, 5.74) is 0. The minimum Gasteiger partial charge on any atom is -0.304 e. The van der Waals surface area contributed by atoms with Gasteiger partial charge in [0.15, 0.2) is 0 Å². The van der Waals surface area contributed by atoms with Gasteiger partial charge in [-0.3, -0.25) is 4.55 Å². The Labute approximate surface area is 73.4 Å². The third kappa shape index (κ3) is 9.83. The molecule has 0 spiro atoms. The molecule has 0 bridgehead atoms. The largest absolute Gasteiger partial charge is 0.330 e. The van der Waals surface area contributed by atoms with Gasteiger partial charge < -0.3 is 4.90 Å². The highest BCUT2D eigenvalue weighted by Gasteiger charge is 2.06. The predicted octanol–water partition coefficient (Wildman–Crippen LogP) is -0.150. The van der Waals surface area contributed by atoms with Crippen molar-refractivity contribution in [2.45, 2.75) is 19.8 Å². The monoisotopic (exact) mass is 196 g/mol. The molecule has 1 fully saturated rings. The van der Waals surface area contributed by atoms with Crippen LogP contribution in [-0.4, -0.2) is 37.5 Å². The maximum Gasteiger partial charge on any atom is 0.330 e. The summed E-state index contributed by atoms with van der Waals surface area (Å²) in [5.74, 6) is 0. The van der Waals surface area contributed by atoms with Crippen LogP contribution in [0, 0.1) is 0 Å². The van der Waals surface area contributed by atoms with Gasteiger partial charge >= 0.3 is 10.3 Å². The molecule has 0 aromatic heterocycles. The average Bonchev–Trinajstić information content (AvgIpc) is 2.33. The zero-order chi connectivity index (χ0) is 9.61. The van der Waals surface area contributed by atoms with Gasteiger partial charge in [0.1, 0.15) is 0 Å². The molecular formula is C6H16N2O3S. The van der Waals surface area contributed by atoms with Gasteiger partial charge in [0.05, 0.1) is 0 Å². The Kier molecular flexibility index (Phi) is 5.39. The van der Waals surface area contributed by atoms with E-state index in [4.69, 9.17) is 13.0 Å². The fourth-order valence-electron chi connectivity index (χ4n) is 1.10. The normalized spacial score (nSPS) is 18.6. The van der Waals surface area contributed by atoms with E-state index in [1.807, 2.05) is 0 Å². The highest BCUT2D eigenvalue weighted by Crippen LogP contribution is 2.04.